The Kier molecular flexibility index (Phi) is 2.39. The van der Waals surface area contributed by atoms with Crippen molar-refractivity contribution in [3.63, 3.8) is 0 Å². The Bertz CT molecular complexity index is 427. The van der Waals surface area contributed by atoms with Gasteiger partial charge in [-0.05, 0) is 18.9 Å². The molecule has 2 rings (SSSR count). The lowest BCUT2D eigenvalue weighted by atomic mass is 9.92. The second-order valence-electron chi connectivity index (χ2n) is 4.23. The summed E-state index contributed by atoms with van der Waals surface area (Å²) in [5.74, 6) is 0.186. The van der Waals surface area contributed by atoms with Gasteiger partial charge in [0.05, 0.1) is 0 Å². The lowest BCUT2D eigenvalue weighted by Gasteiger charge is -2.17. The SMILES string of the molecule is CN(C)/C=C1\CCc2c(ccn2C)C1=O. The molecular formula is C12H16N2O. The van der Waals surface area contributed by atoms with Crippen molar-refractivity contribution >= 4 is 5.78 Å². The maximum absolute atomic E-state index is 12.1. The molecule has 0 fully saturated rings. The van der Waals surface area contributed by atoms with E-state index >= 15 is 0 Å². The number of rotatable bonds is 1. The summed E-state index contributed by atoms with van der Waals surface area (Å²) in [7, 11) is 5.88. The number of hydrogen-bond acceptors (Lipinski definition) is 2. The van der Waals surface area contributed by atoms with Crippen LogP contribution in [-0.4, -0.2) is 29.3 Å². The summed E-state index contributed by atoms with van der Waals surface area (Å²) in [4.78, 5) is 14.0. The van der Waals surface area contributed by atoms with E-state index in [4.69, 9.17) is 0 Å². The van der Waals surface area contributed by atoms with Crippen LogP contribution < -0.4 is 0 Å². The average Bonchev–Trinajstić information content (AvgIpc) is 2.53. The molecule has 1 heterocycles. The molecule has 15 heavy (non-hydrogen) atoms. The first-order valence-corrected chi connectivity index (χ1v) is 5.15. The molecule has 0 N–H and O–H groups in total. The number of ketones is 1. The quantitative estimate of drug-likeness (QED) is 0.649. The zero-order valence-electron chi connectivity index (χ0n) is 9.45. The summed E-state index contributed by atoms with van der Waals surface area (Å²) in [6.45, 7) is 0. The molecule has 0 atom stereocenters. The summed E-state index contributed by atoms with van der Waals surface area (Å²) in [5.41, 5.74) is 2.95. The number of carbonyl (C=O) groups excluding carboxylic acids is 1. The van der Waals surface area contributed by atoms with Crippen LogP contribution in [0.1, 0.15) is 22.5 Å². The van der Waals surface area contributed by atoms with E-state index in [1.165, 1.54) is 0 Å². The molecule has 1 aliphatic carbocycles. The molecule has 80 valence electrons. The molecule has 3 nitrogen and oxygen atoms in total. The molecule has 0 bridgehead atoms. The highest BCUT2D eigenvalue weighted by atomic mass is 16.1. The lowest BCUT2D eigenvalue weighted by molar-refractivity contribution is 0.102. The van der Waals surface area contributed by atoms with E-state index in [2.05, 4.69) is 0 Å². The molecule has 0 radical (unpaired) electrons. The zero-order chi connectivity index (χ0) is 11.0. The van der Waals surface area contributed by atoms with Crippen LogP contribution in [0.2, 0.25) is 0 Å². The van der Waals surface area contributed by atoms with E-state index < -0.39 is 0 Å². The molecule has 1 aromatic heterocycles. The van der Waals surface area contributed by atoms with Crippen LogP contribution in [0, 0.1) is 0 Å². The molecule has 0 spiro atoms. The number of carbonyl (C=O) groups is 1. The molecule has 0 saturated heterocycles. The highest BCUT2D eigenvalue weighted by Gasteiger charge is 2.23. The van der Waals surface area contributed by atoms with Crippen molar-refractivity contribution in [2.45, 2.75) is 12.8 Å². The third-order valence-corrected chi connectivity index (χ3v) is 2.78. The first kappa shape index (κ1) is 10.0. The second-order valence-corrected chi connectivity index (χ2v) is 4.23. The number of fused-ring (bicyclic) bond motifs is 1. The Labute approximate surface area is 90.0 Å². The van der Waals surface area contributed by atoms with E-state index in [0.717, 1.165) is 29.7 Å². The fourth-order valence-electron chi connectivity index (χ4n) is 2.05. The molecule has 0 aromatic carbocycles. The van der Waals surface area contributed by atoms with Crippen LogP contribution in [0.15, 0.2) is 24.0 Å². The van der Waals surface area contributed by atoms with Gasteiger partial charge >= 0.3 is 0 Å². The van der Waals surface area contributed by atoms with Crippen molar-refractivity contribution in [1.29, 1.82) is 0 Å². The van der Waals surface area contributed by atoms with Crippen LogP contribution in [0.5, 0.6) is 0 Å². The van der Waals surface area contributed by atoms with Crippen molar-refractivity contribution < 1.29 is 4.79 Å². The maximum atomic E-state index is 12.1. The zero-order valence-corrected chi connectivity index (χ0v) is 9.45. The molecule has 1 aromatic rings. The number of aryl methyl sites for hydroxylation is 1. The van der Waals surface area contributed by atoms with Crippen LogP contribution in [0.4, 0.5) is 0 Å². The minimum atomic E-state index is 0.186. The molecule has 3 heteroatoms. The number of hydrogen-bond donors (Lipinski definition) is 0. The van der Waals surface area contributed by atoms with Gasteiger partial charge in [-0.2, -0.15) is 0 Å². The van der Waals surface area contributed by atoms with E-state index in [1.54, 1.807) is 0 Å². The van der Waals surface area contributed by atoms with Crippen LogP contribution in [0.25, 0.3) is 0 Å². The predicted octanol–water partition coefficient (Wildman–Crippen LogP) is 1.60. The molecule has 0 saturated carbocycles. The maximum Gasteiger partial charge on any atom is 0.192 e. The van der Waals surface area contributed by atoms with Gasteiger partial charge in [-0.3, -0.25) is 4.79 Å². The highest BCUT2D eigenvalue weighted by molar-refractivity contribution is 6.10. The standard InChI is InChI=1S/C12H16N2O/c1-13(2)8-9-4-5-11-10(12(9)15)6-7-14(11)3/h6-8H,4-5H2,1-3H3/b9-8+. The van der Waals surface area contributed by atoms with Crippen molar-refractivity contribution in [1.82, 2.24) is 9.47 Å². The molecule has 1 aliphatic rings. The van der Waals surface area contributed by atoms with Gasteiger partial charge in [0.2, 0.25) is 0 Å². The predicted molar refractivity (Wildman–Crippen MR) is 59.8 cm³/mol. The average molecular weight is 204 g/mol. The molecule has 0 aliphatic heterocycles. The van der Waals surface area contributed by atoms with E-state index in [-0.39, 0.29) is 5.78 Å². The van der Waals surface area contributed by atoms with Gasteiger partial charge < -0.3 is 9.47 Å². The molecule has 0 amide bonds. The lowest BCUT2D eigenvalue weighted by Crippen LogP contribution is -2.17. The highest BCUT2D eigenvalue weighted by Crippen LogP contribution is 2.25. The van der Waals surface area contributed by atoms with Gasteiger partial charge in [0.15, 0.2) is 5.78 Å². The Balaban J connectivity index is 2.38. The minimum absolute atomic E-state index is 0.186. The summed E-state index contributed by atoms with van der Waals surface area (Å²) >= 11 is 0. The topological polar surface area (TPSA) is 25.2 Å². The fraction of sp³-hybridized carbons (Fsp3) is 0.417. The van der Waals surface area contributed by atoms with Gasteiger partial charge in [0.25, 0.3) is 0 Å². The second kappa shape index (κ2) is 3.57. The number of nitrogens with zero attached hydrogens (tertiary/aromatic N) is 2. The largest absolute Gasteiger partial charge is 0.383 e. The summed E-state index contributed by atoms with van der Waals surface area (Å²) < 4.78 is 2.04. The molecule has 0 unspecified atom stereocenters. The number of Topliss-reactive ketones (excluding diaryl/α,β-unsaturated/α-hetero) is 1. The van der Waals surface area contributed by atoms with Crippen molar-refractivity contribution in [2.75, 3.05) is 14.1 Å². The summed E-state index contributed by atoms with van der Waals surface area (Å²) in [6, 6.07) is 1.92. The Morgan fingerprint density at radius 2 is 2.13 bits per heavy atom. The summed E-state index contributed by atoms with van der Waals surface area (Å²) in [6.07, 6.45) is 5.70. The number of allylic oxidation sites excluding steroid dienone is 1. The van der Waals surface area contributed by atoms with Crippen molar-refractivity contribution in [2.24, 2.45) is 7.05 Å². The van der Waals surface area contributed by atoms with Crippen LogP contribution in [0.3, 0.4) is 0 Å². The van der Waals surface area contributed by atoms with E-state index in [0.29, 0.717) is 0 Å². The van der Waals surface area contributed by atoms with Gasteiger partial charge in [0, 0.05) is 50.4 Å². The monoisotopic (exact) mass is 204 g/mol. The van der Waals surface area contributed by atoms with Gasteiger partial charge in [-0.1, -0.05) is 0 Å². The Hall–Kier alpha value is -1.51. The third-order valence-electron chi connectivity index (χ3n) is 2.78. The smallest absolute Gasteiger partial charge is 0.192 e. The third kappa shape index (κ3) is 1.69. The fourth-order valence-corrected chi connectivity index (χ4v) is 2.05. The Morgan fingerprint density at radius 1 is 1.40 bits per heavy atom. The molecular weight excluding hydrogens is 188 g/mol. The number of aromatic nitrogens is 1. The van der Waals surface area contributed by atoms with Crippen LogP contribution >= 0.6 is 0 Å². The van der Waals surface area contributed by atoms with Crippen molar-refractivity contribution in [3.05, 3.63) is 35.3 Å². The van der Waals surface area contributed by atoms with Crippen LogP contribution in [-0.2, 0) is 13.5 Å². The normalized spacial score (nSPS) is 18.1. The minimum Gasteiger partial charge on any atom is -0.383 e. The Morgan fingerprint density at radius 3 is 2.80 bits per heavy atom. The van der Waals surface area contributed by atoms with Gasteiger partial charge in [0.1, 0.15) is 0 Å². The summed E-state index contributed by atoms with van der Waals surface area (Å²) in [5, 5.41) is 0. The van der Waals surface area contributed by atoms with E-state index in [9.17, 15) is 4.79 Å². The van der Waals surface area contributed by atoms with Gasteiger partial charge in [-0.25, -0.2) is 0 Å². The first-order chi connectivity index (χ1) is 7.09. The first-order valence-electron chi connectivity index (χ1n) is 5.15. The van der Waals surface area contributed by atoms with Gasteiger partial charge in [-0.15, -0.1) is 0 Å². The van der Waals surface area contributed by atoms with E-state index in [1.807, 2.05) is 49.1 Å². The van der Waals surface area contributed by atoms with Crippen molar-refractivity contribution in [3.8, 4) is 0 Å².